The fourth-order valence-corrected chi connectivity index (χ4v) is 1.59. The molecule has 0 fully saturated rings. The summed E-state index contributed by atoms with van der Waals surface area (Å²) in [7, 11) is 1.58. The molecular weight excluding hydrogens is 202 g/mol. The van der Waals surface area contributed by atoms with Gasteiger partial charge in [0.2, 0.25) is 0 Å². The summed E-state index contributed by atoms with van der Waals surface area (Å²) in [6.45, 7) is 1.78. The van der Waals surface area contributed by atoms with Crippen molar-refractivity contribution in [3.63, 3.8) is 0 Å². The van der Waals surface area contributed by atoms with Crippen LogP contribution in [0.15, 0.2) is 12.1 Å². The quantitative estimate of drug-likeness (QED) is 0.806. The highest BCUT2D eigenvalue weighted by Crippen LogP contribution is 2.29. The molecule has 14 heavy (non-hydrogen) atoms. The van der Waals surface area contributed by atoms with Crippen molar-refractivity contribution in [2.24, 2.45) is 5.73 Å². The van der Waals surface area contributed by atoms with Crippen molar-refractivity contribution in [1.29, 1.82) is 0 Å². The van der Waals surface area contributed by atoms with E-state index in [2.05, 4.69) is 0 Å². The third-order valence-corrected chi connectivity index (χ3v) is 2.40. The molecule has 1 aromatic rings. The van der Waals surface area contributed by atoms with Gasteiger partial charge in [0.25, 0.3) is 0 Å². The van der Waals surface area contributed by atoms with Gasteiger partial charge in [-0.25, -0.2) is 0 Å². The standard InChI is InChI=1S/C10H14ClNO2/c1-6-8(9(12)5-13)3-7(11)4-10(6)14-2/h3-4,9,13H,5,12H2,1-2H3. The van der Waals surface area contributed by atoms with Crippen molar-refractivity contribution < 1.29 is 9.84 Å². The van der Waals surface area contributed by atoms with Gasteiger partial charge in [0.1, 0.15) is 5.75 Å². The number of hydrogen-bond donors (Lipinski definition) is 2. The van der Waals surface area contributed by atoms with E-state index in [0.717, 1.165) is 11.1 Å². The SMILES string of the molecule is COc1cc(Cl)cc(C(N)CO)c1C. The Hall–Kier alpha value is -0.770. The van der Waals surface area contributed by atoms with E-state index in [-0.39, 0.29) is 6.61 Å². The molecule has 78 valence electrons. The Bertz CT molecular complexity index is 328. The summed E-state index contributed by atoms with van der Waals surface area (Å²) in [5.74, 6) is 0.691. The molecule has 0 saturated heterocycles. The third-order valence-electron chi connectivity index (χ3n) is 2.18. The largest absolute Gasteiger partial charge is 0.496 e. The maximum atomic E-state index is 8.96. The van der Waals surface area contributed by atoms with E-state index in [1.165, 1.54) is 0 Å². The van der Waals surface area contributed by atoms with Crippen LogP contribution in [0.1, 0.15) is 17.2 Å². The lowest BCUT2D eigenvalue weighted by molar-refractivity contribution is 0.267. The molecule has 1 rings (SSSR count). The molecule has 0 bridgehead atoms. The van der Waals surface area contributed by atoms with Crippen LogP contribution in [-0.4, -0.2) is 18.8 Å². The summed E-state index contributed by atoms with van der Waals surface area (Å²) in [6, 6.07) is 3.06. The molecule has 0 radical (unpaired) electrons. The van der Waals surface area contributed by atoms with Crippen molar-refractivity contribution in [3.05, 3.63) is 28.3 Å². The minimum Gasteiger partial charge on any atom is -0.496 e. The fraction of sp³-hybridized carbons (Fsp3) is 0.400. The van der Waals surface area contributed by atoms with Gasteiger partial charge in [0.15, 0.2) is 0 Å². The maximum Gasteiger partial charge on any atom is 0.123 e. The number of ether oxygens (including phenoxy) is 1. The number of methoxy groups -OCH3 is 1. The zero-order valence-electron chi connectivity index (χ0n) is 8.25. The van der Waals surface area contributed by atoms with Crippen molar-refractivity contribution in [2.45, 2.75) is 13.0 Å². The van der Waals surface area contributed by atoms with Crippen LogP contribution in [-0.2, 0) is 0 Å². The van der Waals surface area contributed by atoms with Crippen molar-refractivity contribution in [3.8, 4) is 5.75 Å². The number of halogens is 1. The van der Waals surface area contributed by atoms with Crippen LogP contribution in [0.5, 0.6) is 5.75 Å². The van der Waals surface area contributed by atoms with Gasteiger partial charge in [-0.2, -0.15) is 0 Å². The van der Waals surface area contributed by atoms with Crippen molar-refractivity contribution in [2.75, 3.05) is 13.7 Å². The maximum absolute atomic E-state index is 8.96. The van der Waals surface area contributed by atoms with Crippen LogP contribution < -0.4 is 10.5 Å². The van der Waals surface area contributed by atoms with Gasteiger partial charge in [-0.3, -0.25) is 0 Å². The molecule has 0 spiro atoms. The molecule has 1 aromatic carbocycles. The molecule has 1 atom stereocenters. The Morgan fingerprint density at radius 1 is 1.57 bits per heavy atom. The average molecular weight is 216 g/mol. The highest BCUT2D eigenvalue weighted by molar-refractivity contribution is 6.30. The Balaban J connectivity index is 3.21. The monoisotopic (exact) mass is 215 g/mol. The summed E-state index contributed by atoms with van der Waals surface area (Å²) >= 11 is 5.88. The molecule has 1 unspecified atom stereocenters. The molecule has 3 N–H and O–H groups in total. The Labute approximate surface area is 88.4 Å². The summed E-state index contributed by atoms with van der Waals surface area (Å²) in [5.41, 5.74) is 7.46. The second-order valence-electron chi connectivity index (χ2n) is 3.11. The minimum absolute atomic E-state index is 0.107. The first-order valence-electron chi connectivity index (χ1n) is 4.30. The first-order valence-corrected chi connectivity index (χ1v) is 4.68. The van der Waals surface area contributed by atoms with Gasteiger partial charge in [0, 0.05) is 5.02 Å². The highest BCUT2D eigenvalue weighted by atomic mass is 35.5. The van der Waals surface area contributed by atoms with E-state index >= 15 is 0 Å². The lowest BCUT2D eigenvalue weighted by Gasteiger charge is -2.15. The lowest BCUT2D eigenvalue weighted by atomic mass is 10.0. The zero-order chi connectivity index (χ0) is 10.7. The molecule has 0 aliphatic rings. The van der Waals surface area contributed by atoms with Gasteiger partial charge >= 0.3 is 0 Å². The van der Waals surface area contributed by atoms with Crippen LogP contribution in [0.25, 0.3) is 0 Å². The van der Waals surface area contributed by atoms with Crippen LogP contribution in [0, 0.1) is 6.92 Å². The van der Waals surface area contributed by atoms with E-state index in [9.17, 15) is 0 Å². The first-order chi connectivity index (χ1) is 6.60. The Kier molecular flexibility index (Phi) is 3.75. The Morgan fingerprint density at radius 2 is 2.21 bits per heavy atom. The summed E-state index contributed by atoms with van der Waals surface area (Å²) in [5, 5.41) is 9.52. The number of rotatable bonds is 3. The van der Waals surface area contributed by atoms with Gasteiger partial charge in [-0.1, -0.05) is 11.6 Å². The molecule has 0 amide bonds. The molecule has 0 aliphatic heterocycles. The number of hydrogen-bond acceptors (Lipinski definition) is 3. The van der Waals surface area contributed by atoms with Crippen molar-refractivity contribution in [1.82, 2.24) is 0 Å². The van der Waals surface area contributed by atoms with Gasteiger partial charge in [-0.15, -0.1) is 0 Å². The molecular formula is C10H14ClNO2. The van der Waals surface area contributed by atoms with E-state index < -0.39 is 6.04 Å². The van der Waals surface area contributed by atoms with Crippen LogP contribution >= 0.6 is 11.6 Å². The number of aliphatic hydroxyl groups is 1. The van der Waals surface area contributed by atoms with Crippen LogP contribution in [0.2, 0.25) is 5.02 Å². The average Bonchev–Trinajstić information content (AvgIpc) is 2.19. The van der Waals surface area contributed by atoms with Gasteiger partial charge in [0.05, 0.1) is 19.8 Å². The van der Waals surface area contributed by atoms with E-state index in [1.807, 2.05) is 6.92 Å². The topological polar surface area (TPSA) is 55.5 Å². The molecule has 0 aromatic heterocycles. The molecule has 3 nitrogen and oxygen atoms in total. The van der Waals surface area contributed by atoms with Crippen LogP contribution in [0.3, 0.4) is 0 Å². The third kappa shape index (κ3) is 2.18. The number of nitrogens with two attached hydrogens (primary N) is 1. The lowest BCUT2D eigenvalue weighted by Crippen LogP contribution is -2.16. The highest BCUT2D eigenvalue weighted by Gasteiger charge is 2.12. The molecule has 4 heteroatoms. The first kappa shape index (κ1) is 11.3. The zero-order valence-corrected chi connectivity index (χ0v) is 9.01. The molecule has 0 saturated carbocycles. The Morgan fingerprint density at radius 3 is 2.71 bits per heavy atom. The van der Waals surface area contributed by atoms with Crippen LogP contribution in [0.4, 0.5) is 0 Å². The summed E-state index contributed by atoms with van der Waals surface area (Å²) in [6.07, 6.45) is 0. The summed E-state index contributed by atoms with van der Waals surface area (Å²) < 4.78 is 5.14. The van der Waals surface area contributed by atoms with Gasteiger partial charge < -0.3 is 15.6 Å². The second-order valence-corrected chi connectivity index (χ2v) is 3.55. The number of aliphatic hydroxyl groups excluding tert-OH is 1. The van der Waals surface area contributed by atoms with E-state index in [4.69, 9.17) is 27.2 Å². The summed E-state index contributed by atoms with van der Waals surface area (Å²) in [4.78, 5) is 0. The predicted molar refractivity (Wildman–Crippen MR) is 56.8 cm³/mol. The second kappa shape index (κ2) is 4.64. The predicted octanol–water partition coefficient (Wildman–Crippen LogP) is 1.65. The van der Waals surface area contributed by atoms with Gasteiger partial charge in [-0.05, 0) is 30.2 Å². The van der Waals surface area contributed by atoms with Crippen molar-refractivity contribution >= 4 is 11.6 Å². The fourth-order valence-electron chi connectivity index (χ4n) is 1.37. The minimum atomic E-state index is -0.414. The molecule has 0 aliphatic carbocycles. The number of benzene rings is 1. The van der Waals surface area contributed by atoms with E-state index in [1.54, 1.807) is 19.2 Å². The smallest absolute Gasteiger partial charge is 0.123 e. The normalized spacial score (nSPS) is 12.6. The molecule has 0 heterocycles. The van der Waals surface area contributed by atoms with E-state index in [0.29, 0.717) is 10.8 Å².